The Bertz CT molecular complexity index is 387. The summed E-state index contributed by atoms with van der Waals surface area (Å²) in [5.74, 6) is -0.168. The lowest BCUT2D eigenvalue weighted by molar-refractivity contribution is 0.0918. The molecule has 1 aromatic rings. The van der Waals surface area contributed by atoms with Gasteiger partial charge in [0.15, 0.2) is 0 Å². The molecule has 5 heteroatoms. The number of nitrogens with zero attached hydrogens (tertiary/aromatic N) is 1. The lowest BCUT2D eigenvalue weighted by atomic mass is 10.1. The lowest BCUT2D eigenvalue weighted by Gasteiger charge is -2.20. The van der Waals surface area contributed by atoms with Crippen molar-refractivity contribution < 1.29 is 4.79 Å². The minimum atomic E-state index is -0.272. The van der Waals surface area contributed by atoms with Gasteiger partial charge in [0, 0.05) is 16.2 Å². The highest BCUT2D eigenvalue weighted by Crippen LogP contribution is 2.19. The van der Waals surface area contributed by atoms with E-state index in [0.717, 1.165) is 0 Å². The molecule has 0 aliphatic heterocycles. The largest absolute Gasteiger partial charge is 0.347 e. The fourth-order valence-corrected chi connectivity index (χ4v) is 1.55. The molecule has 3 nitrogen and oxygen atoms in total. The summed E-state index contributed by atoms with van der Waals surface area (Å²) in [7, 11) is 0. The molecule has 0 aliphatic rings. The van der Waals surface area contributed by atoms with Gasteiger partial charge >= 0.3 is 0 Å². The van der Waals surface area contributed by atoms with Gasteiger partial charge in [0.1, 0.15) is 5.15 Å². The third-order valence-corrected chi connectivity index (χ3v) is 2.39. The molecule has 1 rings (SSSR count). The number of hydrogen-bond acceptors (Lipinski definition) is 2. The van der Waals surface area contributed by atoms with Crippen LogP contribution < -0.4 is 5.32 Å². The van der Waals surface area contributed by atoms with Crippen LogP contribution in [0.1, 0.15) is 31.1 Å². The number of amides is 1. The van der Waals surface area contributed by atoms with Gasteiger partial charge in [-0.15, -0.1) is 0 Å². The lowest BCUT2D eigenvalue weighted by Crippen LogP contribution is -2.40. The average Bonchev–Trinajstić information content (AvgIpc) is 2.06. The SMILES string of the molecule is CC(C)(C)NC(=O)c1cc(Cl)ncc1Br. The van der Waals surface area contributed by atoms with Crippen LogP contribution in [-0.2, 0) is 0 Å². The molecule has 15 heavy (non-hydrogen) atoms. The highest BCUT2D eigenvalue weighted by molar-refractivity contribution is 9.10. The van der Waals surface area contributed by atoms with Crippen molar-refractivity contribution in [3.63, 3.8) is 0 Å². The number of hydrogen-bond donors (Lipinski definition) is 1. The Morgan fingerprint density at radius 2 is 2.13 bits per heavy atom. The smallest absolute Gasteiger partial charge is 0.252 e. The van der Waals surface area contributed by atoms with Crippen molar-refractivity contribution in [3.8, 4) is 0 Å². The molecule has 0 atom stereocenters. The molecule has 82 valence electrons. The number of carbonyl (C=O) groups is 1. The maximum Gasteiger partial charge on any atom is 0.252 e. The molecule has 0 unspecified atom stereocenters. The summed E-state index contributed by atoms with van der Waals surface area (Å²) in [6.07, 6.45) is 1.51. The fraction of sp³-hybridized carbons (Fsp3) is 0.400. The van der Waals surface area contributed by atoms with E-state index < -0.39 is 0 Å². The maximum atomic E-state index is 11.8. The van der Waals surface area contributed by atoms with Gasteiger partial charge in [-0.3, -0.25) is 4.79 Å². The second-order valence-corrected chi connectivity index (χ2v) is 5.43. The predicted octanol–water partition coefficient (Wildman–Crippen LogP) is 3.03. The van der Waals surface area contributed by atoms with Crippen molar-refractivity contribution in [1.29, 1.82) is 0 Å². The molecule has 0 saturated heterocycles. The highest BCUT2D eigenvalue weighted by atomic mass is 79.9. The zero-order valence-electron chi connectivity index (χ0n) is 8.77. The minimum absolute atomic E-state index is 0.168. The topological polar surface area (TPSA) is 42.0 Å². The molecule has 0 bridgehead atoms. The number of rotatable bonds is 1. The molecule has 0 spiro atoms. The Hall–Kier alpha value is -0.610. The number of aromatic nitrogens is 1. The third kappa shape index (κ3) is 3.80. The second-order valence-electron chi connectivity index (χ2n) is 4.19. The first-order valence-corrected chi connectivity index (χ1v) is 5.60. The molecule has 1 heterocycles. The fourth-order valence-electron chi connectivity index (χ4n) is 0.995. The van der Waals surface area contributed by atoms with Gasteiger partial charge in [0.2, 0.25) is 0 Å². The highest BCUT2D eigenvalue weighted by Gasteiger charge is 2.17. The maximum absolute atomic E-state index is 11.8. The van der Waals surface area contributed by atoms with Gasteiger partial charge in [-0.05, 0) is 42.8 Å². The first-order valence-electron chi connectivity index (χ1n) is 4.43. The Morgan fingerprint density at radius 1 is 1.53 bits per heavy atom. The van der Waals surface area contributed by atoms with Gasteiger partial charge in [0.05, 0.1) is 5.56 Å². The van der Waals surface area contributed by atoms with Crippen LogP contribution in [0.3, 0.4) is 0 Å². The normalized spacial score (nSPS) is 11.3. The zero-order chi connectivity index (χ0) is 11.6. The first-order chi connectivity index (χ1) is 6.79. The summed E-state index contributed by atoms with van der Waals surface area (Å²) in [6.45, 7) is 5.75. The Kier molecular flexibility index (Phi) is 3.73. The van der Waals surface area contributed by atoms with Crippen LogP contribution in [0, 0.1) is 0 Å². The van der Waals surface area contributed by atoms with Crippen molar-refractivity contribution in [3.05, 3.63) is 27.5 Å². The number of nitrogens with one attached hydrogen (secondary N) is 1. The van der Waals surface area contributed by atoms with Crippen molar-refractivity contribution in [2.45, 2.75) is 26.3 Å². The van der Waals surface area contributed by atoms with Crippen LogP contribution in [-0.4, -0.2) is 16.4 Å². The molecule has 0 radical (unpaired) electrons. The zero-order valence-corrected chi connectivity index (χ0v) is 11.1. The molecule has 1 amide bonds. The van der Waals surface area contributed by atoms with Crippen LogP contribution in [0.25, 0.3) is 0 Å². The average molecular weight is 292 g/mol. The summed E-state index contributed by atoms with van der Waals surface area (Å²) in [5.41, 5.74) is 0.219. The van der Waals surface area contributed by atoms with Gasteiger partial charge in [0.25, 0.3) is 5.91 Å². The van der Waals surface area contributed by atoms with Gasteiger partial charge in [-0.1, -0.05) is 11.6 Å². The van der Waals surface area contributed by atoms with Crippen LogP contribution >= 0.6 is 27.5 Å². The van der Waals surface area contributed by atoms with Crippen molar-refractivity contribution >= 4 is 33.4 Å². The molecule has 0 aromatic carbocycles. The van der Waals surface area contributed by atoms with Crippen molar-refractivity contribution in [1.82, 2.24) is 10.3 Å². The summed E-state index contributed by atoms with van der Waals surface area (Å²) >= 11 is 8.98. The Morgan fingerprint density at radius 3 is 2.67 bits per heavy atom. The summed E-state index contributed by atoms with van der Waals surface area (Å²) in [6, 6.07) is 1.53. The summed E-state index contributed by atoms with van der Waals surface area (Å²) in [4.78, 5) is 15.7. The predicted molar refractivity (Wildman–Crippen MR) is 64.2 cm³/mol. The monoisotopic (exact) mass is 290 g/mol. The van der Waals surface area contributed by atoms with E-state index in [1.54, 1.807) is 0 Å². The summed E-state index contributed by atoms with van der Waals surface area (Å²) in [5, 5.41) is 3.15. The Labute approximate surface area is 102 Å². The minimum Gasteiger partial charge on any atom is -0.347 e. The summed E-state index contributed by atoms with van der Waals surface area (Å²) < 4.78 is 0.633. The van der Waals surface area contributed by atoms with Crippen LogP contribution in [0.5, 0.6) is 0 Å². The second kappa shape index (κ2) is 4.49. The van der Waals surface area contributed by atoms with E-state index >= 15 is 0 Å². The van der Waals surface area contributed by atoms with Crippen molar-refractivity contribution in [2.75, 3.05) is 0 Å². The molecule has 0 fully saturated rings. The van der Waals surface area contributed by atoms with Gasteiger partial charge < -0.3 is 5.32 Å². The number of halogens is 2. The molecular weight excluding hydrogens is 279 g/mol. The number of carbonyl (C=O) groups excluding carboxylic acids is 1. The van der Waals surface area contributed by atoms with E-state index in [-0.39, 0.29) is 11.4 Å². The van der Waals surface area contributed by atoms with E-state index in [9.17, 15) is 4.79 Å². The quantitative estimate of drug-likeness (QED) is 0.808. The van der Waals surface area contributed by atoms with E-state index in [4.69, 9.17) is 11.6 Å². The van der Waals surface area contributed by atoms with Crippen molar-refractivity contribution in [2.24, 2.45) is 0 Å². The van der Waals surface area contributed by atoms with Crippen LogP contribution in [0.2, 0.25) is 5.15 Å². The molecule has 0 saturated carbocycles. The van der Waals surface area contributed by atoms with Crippen LogP contribution in [0.4, 0.5) is 0 Å². The van der Waals surface area contributed by atoms with Gasteiger partial charge in [-0.2, -0.15) is 0 Å². The molecule has 0 aliphatic carbocycles. The van der Waals surface area contributed by atoms with Crippen LogP contribution in [0.15, 0.2) is 16.7 Å². The van der Waals surface area contributed by atoms with E-state index in [2.05, 4.69) is 26.2 Å². The van der Waals surface area contributed by atoms with Gasteiger partial charge in [-0.25, -0.2) is 4.98 Å². The van der Waals surface area contributed by atoms with E-state index in [1.165, 1.54) is 12.3 Å². The van der Waals surface area contributed by atoms with E-state index in [0.29, 0.717) is 15.2 Å². The molecule has 1 N–H and O–H groups in total. The Balaban J connectivity index is 2.96. The molecular formula is C10H12BrClN2O. The number of pyridine rings is 1. The van der Waals surface area contributed by atoms with E-state index in [1.807, 2.05) is 20.8 Å². The standard InChI is InChI=1S/C10H12BrClN2O/c1-10(2,3)14-9(15)6-4-8(12)13-5-7(6)11/h4-5H,1-3H3,(H,14,15). The first kappa shape index (κ1) is 12.5. The molecule has 1 aromatic heterocycles. The third-order valence-electron chi connectivity index (χ3n) is 1.56.